The van der Waals surface area contributed by atoms with Crippen LogP contribution >= 0.6 is 11.8 Å². The first-order valence-corrected chi connectivity index (χ1v) is 14.8. The van der Waals surface area contributed by atoms with Crippen molar-refractivity contribution in [2.75, 3.05) is 17.2 Å². The van der Waals surface area contributed by atoms with E-state index in [0.29, 0.717) is 23.2 Å². The highest BCUT2D eigenvalue weighted by Crippen LogP contribution is 2.31. The Kier molecular flexibility index (Phi) is 9.04. The molecule has 1 aliphatic rings. The second-order valence-corrected chi connectivity index (χ2v) is 11.1. The molecule has 228 valence electrons. The fraction of sp³-hybridized carbons (Fsp3) is 0.258. The topological polar surface area (TPSA) is 102 Å². The third kappa shape index (κ3) is 7.28. The number of carbonyl (C=O) groups is 2. The number of carbonyl (C=O) groups excluding carboxylic acids is 2. The summed E-state index contributed by atoms with van der Waals surface area (Å²) in [5.41, 5.74) is 5.11. The lowest BCUT2D eigenvalue weighted by molar-refractivity contribution is -0.274. The van der Waals surface area contributed by atoms with Crippen LogP contribution in [0.2, 0.25) is 0 Å². The van der Waals surface area contributed by atoms with Gasteiger partial charge in [0.15, 0.2) is 11.0 Å². The van der Waals surface area contributed by atoms with Gasteiger partial charge in [0.2, 0.25) is 5.91 Å². The highest BCUT2D eigenvalue weighted by Gasteiger charge is 2.32. The van der Waals surface area contributed by atoms with Crippen molar-refractivity contribution in [3.05, 3.63) is 89.7 Å². The Morgan fingerprint density at radius 3 is 2.52 bits per heavy atom. The number of thioether (sulfide) groups is 1. The molecule has 1 unspecified atom stereocenters. The van der Waals surface area contributed by atoms with Gasteiger partial charge < -0.3 is 10.1 Å². The summed E-state index contributed by atoms with van der Waals surface area (Å²) in [6.45, 7) is 6.33. The van der Waals surface area contributed by atoms with Gasteiger partial charge in [0.25, 0.3) is 0 Å². The first kappa shape index (κ1) is 30.8. The minimum absolute atomic E-state index is 0.0334. The highest BCUT2D eigenvalue weighted by atomic mass is 32.2. The van der Waals surface area contributed by atoms with Crippen molar-refractivity contribution in [1.29, 1.82) is 0 Å². The van der Waals surface area contributed by atoms with Gasteiger partial charge in [-0.05, 0) is 60.7 Å². The fourth-order valence-electron chi connectivity index (χ4n) is 4.66. The van der Waals surface area contributed by atoms with E-state index in [1.807, 2.05) is 63.2 Å². The standard InChI is InChI=1S/C31H29F3N6O3S/c1-4-21-15-19(2)5-14-26(21)40-27(41)17-44-30(40)37-29(42)35-16-20(3)22-6-8-23(9-7-22)28-36-18-39(38-28)24-10-12-25(13-11-24)43-31(32,33)34/h5-15,18,20H,4,16-17H2,1-3H3,(H,35,42). The number of ether oxygens (including phenoxy) is 1. The van der Waals surface area contributed by atoms with E-state index in [-0.39, 0.29) is 23.3 Å². The maximum atomic E-state index is 12.7. The number of amides is 3. The molecule has 0 bridgehead atoms. The number of benzene rings is 3. The highest BCUT2D eigenvalue weighted by molar-refractivity contribution is 8.15. The Balaban J connectivity index is 1.19. The normalized spacial score (nSPS) is 15.1. The van der Waals surface area contributed by atoms with Gasteiger partial charge in [-0.3, -0.25) is 9.69 Å². The minimum atomic E-state index is -4.76. The lowest BCUT2D eigenvalue weighted by atomic mass is 10.00. The molecule has 4 aromatic rings. The Bertz CT molecular complexity index is 1690. The van der Waals surface area contributed by atoms with Crippen LogP contribution in [0.25, 0.3) is 17.1 Å². The summed E-state index contributed by atoms with van der Waals surface area (Å²) in [6, 6.07) is 18.2. The molecule has 1 N–H and O–H groups in total. The van der Waals surface area contributed by atoms with E-state index < -0.39 is 12.4 Å². The maximum Gasteiger partial charge on any atom is 0.573 e. The van der Waals surface area contributed by atoms with Crippen molar-refractivity contribution in [1.82, 2.24) is 20.1 Å². The molecule has 13 heteroatoms. The van der Waals surface area contributed by atoms with Gasteiger partial charge in [-0.1, -0.05) is 67.6 Å². The van der Waals surface area contributed by atoms with E-state index >= 15 is 0 Å². The second kappa shape index (κ2) is 12.9. The minimum Gasteiger partial charge on any atom is -0.406 e. The van der Waals surface area contributed by atoms with Crippen molar-refractivity contribution in [2.45, 2.75) is 39.5 Å². The maximum absolute atomic E-state index is 12.7. The van der Waals surface area contributed by atoms with Crippen LogP contribution in [0.3, 0.4) is 0 Å². The molecule has 0 saturated carbocycles. The number of urea groups is 1. The first-order chi connectivity index (χ1) is 21.0. The van der Waals surface area contributed by atoms with Gasteiger partial charge >= 0.3 is 12.4 Å². The number of aromatic nitrogens is 3. The fourth-order valence-corrected chi connectivity index (χ4v) is 5.52. The number of hydrogen-bond donors (Lipinski definition) is 1. The number of amidine groups is 1. The van der Waals surface area contributed by atoms with Crippen molar-refractivity contribution in [3.63, 3.8) is 0 Å². The molecule has 0 spiro atoms. The zero-order valence-electron chi connectivity index (χ0n) is 24.1. The average Bonchev–Trinajstić information content (AvgIpc) is 3.63. The molecule has 1 fully saturated rings. The van der Waals surface area contributed by atoms with E-state index in [4.69, 9.17) is 0 Å². The zero-order chi connectivity index (χ0) is 31.4. The van der Waals surface area contributed by atoms with Crippen LogP contribution in [0.15, 0.2) is 78.0 Å². The number of nitrogens with one attached hydrogen (secondary N) is 1. The molecule has 0 aliphatic carbocycles. The van der Waals surface area contributed by atoms with E-state index in [1.54, 1.807) is 0 Å². The molecule has 3 aromatic carbocycles. The van der Waals surface area contributed by atoms with Crippen molar-refractivity contribution < 1.29 is 27.5 Å². The number of anilines is 1. The summed E-state index contributed by atoms with van der Waals surface area (Å²) in [4.78, 5) is 35.5. The summed E-state index contributed by atoms with van der Waals surface area (Å²) in [5, 5.41) is 7.63. The monoisotopic (exact) mass is 622 g/mol. The van der Waals surface area contributed by atoms with Crippen molar-refractivity contribution >= 4 is 34.6 Å². The van der Waals surface area contributed by atoms with Crippen LogP contribution in [-0.4, -0.2) is 50.5 Å². The molecule has 5 rings (SSSR count). The molecule has 0 radical (unpaired) electrons. The molecule has 44 heavy (non-hydrogen) atoms. The van der Waals surface area contributed by atoms with Crippen LogP contribution in [-0.2, 0) is 11.2 Å². The summed E-state index contributed by atoms with van der Waals surface area (Å²) >= 11 is 1.24. The molecule has 2 heterocycles. The Labute approximate surface area is 256 Å². The van der Waals surface area contributed by atoms with Gasteiger partial charge in [-0.25, -0.2) is 14.5 Å². The van der Waals surface area contributed by atoms with Gasteiger partial charge in [0, 0.05) is 12.1 Å². The number of alkyl halides is 3. The van der Waals surface area contributed by atoms with Gasteiger partial charge in [0.1, 0.15) is 12.1 Å². The van der Waals surface area contributed by atoms with Gasteiger partial charge in [0.05, 0.1) is 17.1 Å². The van der Waals surface area contributed by atoms with Crippen LogP contribution < -0.4 is 15.0 Å². The van der Waals surface area contributed by atoms with Gasteiger partial charge in [-0.15, -0.1) is 18.3 Å². The summed E-state index contributed by atoms with van der Waals surface area (Å²) in [7, 11) is 0. The average molecular weight is 623 g/mol. The van der Waals surface area contributed by atoms with E-state index in [9.17, 15) is 22.8 Å². The van der Waals surface area contributed by atoms with Crippen LogP contribution in [0.5, 0.6) is 5.75 Å². The molecular formula is C31H29F3N6O3S. The molecule has 1 aliphatic heterocycles. The SMILES string of the molecule is CCc1cc(C)ccc1N1C(=O)CSC1=NC(=O)NCC(C)c1ccc(-c2ncn(-c3ccc(OC(F)(F)F)cc3)n2)cc1. The van der Waals surface area contributed by atoms with E-state index in [2.05, 4.69) is 25.1 Å². The predicted molar refractivity (Wildman–Crippen MR) is 163 cm³/mol. The Hall–Kier alpha value is -4.65. The number of halogens is 3. The summed E-state index contributed by atoms with van der Waals surface area (Å²) < 4.78 is 42.6. The Morgan fingerprint density at radius 2 is 1.84 bits per heavy atom. The molecule has 1 saturated heterocycles. The number of hydrogen-bond acceptors (Lipinski definition) is 6. The molecular weight excluding hydrogens is 593 g/mol. The van der Waals surface area contributed by atoms with Crippen LogP contribution in [0.1, 0.15) is 36.5 Å². The number of aryl methyl sites for hydroxylation is 2. The molecule has 1 atom stereocenters. The smallest absolute Gasteiger partial charge is 0.406 e. The van der Waals surface area contributed by atoms with Crippen LogP contribution in [0, 0.1) is 6.92 Å². The third-order valence-electron chi connectivity index (χ3n) is 6.94. The molecule has 1 aromatic heterocycles. The number of rotatable bonds is 8. The number of aliphatic imine (C=N–C) groups is 1. The quantitative estimate of drug-likeness (QED) is 0.236. The molecule has 9 nitrogen and oxygen atoms in total. The zero-order valence-corrected chi connectivity index (χ0v) is 24.9. The Morgan fingerprint density at radius 1 is 1.11 bits per heavy atom. The first-order valence-electron chi connectivity index (χ1n) is 13.8. The van der Waals surface area contributed by atoms with E-state index in [0.717, 1.165) is 34.4 Å². The summed E-state index contributed by atoms with van der Waals surface area (Å²) in [6.07, 6.45) is -2.54. The van der Waals surface area contributed by atoms with Gasteiger partial charge in [-0.2, -0.15) is 4.99 Å². The molecule has 3 amide bonds. The lowest BCUT2D eigenvalue weighted by Crippen LogP contribution is -2.32. The second-order valence-electron chi connectivity index (χ2n) is 10.2. The lowest BCUT2D eigenvalue weighted by Gasteiger charge is -2.20. The largest absolute Gasteiger partial charge is 0.573 e. The predicted octanol–water partition coefficient (Wildman–Crippen LogP) is 6.65. The van der Waals surface area contributed by atoms with Crippen molar-refractivity contribution in [3.8, 4) is 22.8 Å². The summed E-state index contributed by atoms with van der Waals surface area (Å²) in [5.74, 6) is 0.201. The van der Waals surface area contributed by atoms with E-state index in [1.165, 1.54) is 51.9 Å². The number of nitrogens with zero attached hydrogens (tertiary/aromatic N) is 5. The van der Waals surface area contributed by atoms with Crippen molar-refractivity contribution in [2.24, 2.45) is 4.99 Å². The third-order valence-corrected chi connectivity index (χ3v) is 7.87. The van der Waals surface area contributed by atoms with Crippen LogP contribution in [0.4, 0.5) is 23.7 Å².